The fourth-order valence-corrected chi connectivity index (χ4v) is 3.35. The number of hydrogen-bond acceptors (Lipinski definition) is 3. The molecule has 0 spiro atoms. The summed E-state index contributed by atoms with van der Waals surface area (Å²) in [7, 11) is 0. The number of fused-ring (bicyclic) bond motifs is 1. The van der Waals surface area contributed by atoms with Crippen molar-refractivity contribution >= 4 is 11.6 Å². The molecule has 102 valence electrons. The Labute approximate surface area is 114 Å². The number of anilines is 1. The average Bonchev–Trinajstić information content (AvgIpc) is 2.71. The van der Waals surface area contributed by atoms with Crippen LogP contribution < -0.4 is 5.32 Å². The van der Waals surface area contributed by atoms with E-state index in [9.17, 15) is 0 Å². The normalized spacial score (nSPS) is 27.6. The zero-order chi connectivity index (χ0) is 13.4. The minimum atomic E-state index is 0.511. The van der Waals surface area contributed by atoms with Gasteiger partial charge in [0, 0.05) is 12.2 Å². The summed E-state index contributed by atoms with van der Waals surface area (Å²) >= 11 is 0. The summed E-state index contributed by atoms with van der Waals surface area (Å²) < 4.78 is 1.85. The van der Waals surface area contributed by atoms with Crippen molar-refractivity contribution in [1.29, 1.82) is 0 Å². The zero-order valence-corrected chi connectivity index (χ0v) is 11.9. The molecule has 0 amide bonds. The van der Waals surface area contributed by atoms with Crippen LogP contribution in [0.1, 0.15) is 38.7 Å². The van der Waals surface area contributed by atoms with Crippen molar-refractivity contribution in [3.8, 4) is 0 Å². The van der Waals surface area contributed by atoms with Gasteiger partial charge in [-0.2, -0.15) is 4.98 Å². The first-order valence-electron chi connectivity index (χ1n) is 7.20. The van der Waals surface area contributed by atoms with E-state index in [4.69, 9.17) is 0 Å². The fourth-order valence-electron chi connectivity index (χ4n) is 3.35. The van der Waals surface area contributed by atoms with Gasteiger partial charge in [-0.25, -0.2) is 4.52 Å². The molecule has 2 aromatic rings. The van der Waals surface area contributed by atoms with Crippen LogP contribution in [0, 0.1) is 18.8 Å². The number of pyridine rings is 1. The van der Waals surface area contributed by atoms with Crippen molar-refractivity contribution in [1.82, 2.24) is 14.6 Å². The Balaban J connectivity index is 1.79. The van der Waals surface area contributed by atoms with E-state index in [0.29, 0.717) is 6.04 Å². The molecule has 0 radical (unpaired) electrons. The third-order valence-corrected chi connectivity index (χ3v) is 4.07. The van der Waals surface area contributed by atoms with Crippen LogP contribution >= 0.6 is 0 Å². The number of aryl methyl sites for hydroxylation is 1. The molecule has 4 nitrogen and oxygen atoms in total. The molecular formula is C15H22N4. The summed E-state index contributed by atoms with van der Waals surface area (Å²) in [6, 6.07) is 4.58. The lowest BCUT2D eigenvalue weighted by atomic mass is 9.80. The van der Waals surface area contributed by atoms with Gasteiger partial charge in [0.25, 0.3) is 0 Å². The van der Waals surface area contributed by atoms with E-state index < -0.39 is 0 Å². The molecule has 0 bridgehead atoms. The van der Waals surface area contributed by atoms with E-state index in [1.165, 1.54) is 19.3 Å². The second-order valence-corrected chi connectivity index (χ2v) is 6.15. The number of nitrogens with zero attached hydrogens (tertiary/aromatic N) is 3. The largest absolute Gasteiger partial charge is 0.350 e. The SMILES string of the molecule is Cc1cccn2nc(NC3CC(C)CC(C)C3)nc12. The van der Waals surface area contributed by atoms with Crippen molar-refractivity contribution in [3.05, 3.63) is 23.9 Å². The Bertz CT molecular complexity index is 565. The monoisotopic (exact) mass is 258 g/mol. The number of hydrogen-bond donors (Lipinski definition) is 1. The lowest BCUT2D eigenvalue weighted by molar-refractivity contribution is 0.280. The molecule has 2 aromatic heterocycles. The van der Waals surface area contributed by atoms with Crippen molar-refractivity contribution in [2.24, 2.45) is 11.8 Å². The van der Waals surface area contributed by atoms with Crippen LogP contribution in [-0.4, -0.2) is 20.6 Å². The first-order valence-corrected chi connectivity index (χ1v) is 7.20. The molecule has 19 heavy (non-hydrogen) atoms. The standard InChI is InChI=1S/C15H22N4/c1-10-7-11(2)9-13(8-10)16-15-17-14-12(3)5-4-6-19(14)18-15/h4-6,10-11,13H,7-9H2,1-3H3,(H,16,18). The summed E-state index contributed by atoms with van der Waals surface area (Å²) in [6.45, 7) is 6.75. The Hall–Kier alpha value is -1.58. The molecule has 1 fully saturated rings. The van der Waals surface area contributed by atoms with Gasteiger partial charge >= 0.3 is 0 Å². The summed E-state index contributed by atoms with van der Waals surface area (Å²) in [6.07, 6.45) is 5.74. The quantitative estimate of drug-likeness (QED) is 0.899. The van der Waals surface area contributed by atoms with Gasteiger partial charge in [-0.05, 0) is 49.7 Å². The van der Waals surface area contributed by atoms with E-state index in [1.54, 1.807) is 0 Å². The third-order valence-electron chi connectivity index (χ3n) is 4.07. The van der Waals surface area contributed by atoms with E-state index >= 15 is 0 Å². The Morgan fingerprint density at radius 3 is 2.63 bits per heavy atom. The van der Waals surface area contributed by atoms with Gasteiger partial charge in [-0.3, -0.25) is 0 Å². The van der Waals surface area contributed by atoms with Crippen LogP contribution in [0.15, 0.2) is 18.3 Å². The lowest BCUT2D eigenvalue weighted by Crippen LogP contribution is -2.30. The predicted octanol–water partition coefficient (Wildman–Crippen LogP) is 3.27. The minimum absolute atomic E-state index is 0.511. The highest BCUT2D eigenvalue weighted by Gasteiger charge is 2.24. The Kier molecular flexibility index (Phi) is 3.17. The average molecular weight is 258 g/mol. The number of rotatable bonds is 2. The highest BCUT2D eigenvalue weighted by atomic mass is 15.3. The van der Waals surface area contributed by atoms with E-state index in [0.717, 1.165) is 29.0 Å². The molecule has 2 unspecified atom stereocenters. The van der Waals surface area contributed by atoms with Crippen LogP contribution in [0.2, 0.25) is 0 Å². The molecule has 0 aliphatic heterocycles. The maximum absolute atomic E-state index is 4.60. The van der Waals surface area contributed by atoms with Gasteiger partial charge in [-0.1, -0.05) is 19.9 Å². The second kappa shape index (κ2) is 4.83. The molecule has 2 heterocycles. The molecule has 1 aliphatic rings. The molecule has 3 rings (SSSR count). The highest BCUT2D eigenvalue weighted by Crippen LogP contribution is 2.30. The molecule has 1 N–H and O–H groups in total. The van der Waals surface area contributed by atoms with Crippen LogP contribution in [-0.2, 0) is 0 Å². The Morgan fingerprint density at radius 2 is 1.95 bits per heavy atom. The van der Waals surface area contributed by atoms with Gasteiger partial charge < -0.3 is 5.32 Å². The topological polar surface area (TPSA) is 42.2 Å². The molecule has 1 aliphatic carbocycles. The zero-order valence-electron chi connectivity index (χ0n) is 11.9. The maximum Gasteiger partial charge on any atom is 0.243 e. The molecule has 0 aromatic carbocycles. The highest BCUT2D eigenvalue weighted by molar-refractivity contribution is 5.49. The molecule has 1 saturated carbocycles. The number of aromatic nitrogens is 3. The van der Waals surface area contributed by atoms with Crippen molar-refractivity contribution in [2.75, 3.05) is 5.32 Å². The molecular weight excluding hydrogens is 236 g/mol. The summed E-state index contributed by atoms with van der Waals surface area (Å²) in [5.74, 6) is 2.35. The number of nitrogens with one attached hydrogen (secondary N) is 1. The van der Waals surface area contributed by atoms with Gasteiger partial charge in [0.15, 0.2) is 5.65 Å². The van der Waals surface area contributed by atoms with Crippen LogP contribution in [0.5, 0.6) is 0 Å². The van der Waals surface area contributed by atoms with Crippen LogP contribution in [0.4, 0.5) is 5.95 Å². The second-order valence-electron chi connectivity index (χ2n) is 6.15. The Morgan fingerprint density at radius 1 is 1.21 bits per heavy atom. The van der Waals surface area contributed by atoms with Crippen molar-refractivity contribution in [3.63, 3.8) is 0 Å². The maximum atomic E-state index is 4.60. The van der Waals surface area contributed by atoms with E-state index in [2.05, 4.69) is 42.2 Å². The van der Waals surface area contributed by atoms with Crippen LogP contribution in [0.25, 0.3) is 5.65 Å². The lowest BCUT2D eigenvalue weighted by Gasteiger charge is -2.31. The van der Waals surface area contributed by atoms with Crippen molar-refractivity contribution < 1.29 is 0 Å². The first kappa shape index (κ1) is 12.5. The molecule has 0 saturated heterocycles. The molecule has 2 atom stereocenters. The first-order chi connectivity index (χ1) is 9.11. The van der Waals surface area contributed by atoms with Gasteiger partial charge in [0.1, 0.15) is 0 Å². The third kappa shape index (κ3) is 2.57. The smallest absolute Gasteiger partial charge is 0.243 e. The van der Waals surface area contributed by atoms with Gasteiger partial charge in [-0.15, -0.1) is 5.10 Å². The van der Waals surface area contributed by atoms with Gasteiger partial charge in [0.2, 0.25) is 5.95 Å². The fraction of sp³-hybridized carbons (Fsp3) is 0.600. The van der Waals surface area contributed by atoms with Crippen molar-refractivity contribution in [2.45, 2.75) is 46.1 Å². The summed E-state index contributed by atoms with van der Waals surface area (Å²) in [5, 5.41) is 8.03. The molecule has 4 heteroatoms. The van der Waals surface area contributed by atoms with Gasteiger partial charge in [0.05, 0.1) is 0 Å². The van der Waals surface area contributed by atoms with Crippen LogP contribution in [0.3, 0.4) is 0 Å². The minimum Gasteiger partial charge on any atom is -0.350 e. The van der Waals surface area contributed by atoms with E-state index in [1.807, 2.05) is 16.8 Å². The predicted molar refractivity (Wildman–Crippen MR) is 77.3 cm³/mol. The summed E-state index contributed by atoms with van der Waals surface area (Å²) in [5.41, 5.74) is 2.11. The van der Waals surface area contributed by atoms with E-state index in [-0.39, 0.29) is 0 Å². The summed E-state index contributed by atoms with van der Waals surface area (Å²) in [4.78, 5) is 4.60.